The number of amides is 1. The van der Waals surface area contributed by atoms with E-state index in [1.54, 1.807) is 48.6 Å². The summed E-state index contributed by atoms with van der Waals surface area (Å²) >= 11 is 7.19. The van der Waals surface area contributed by atoms with Crippen molar-refractivity contribution >= 4 is 57.7 Å². The molecule has 0 atom stereocenters. The van der Waals surface area contributed by atoms with Crippen molar-refractivity contribution in [2.75, 3.05) is 11.1 Å². The highest BCUT2D eigenvalue weighted by Gasteiger charge is 2.17. The van der Waals surface area contributed by atoms with Crippen LogP contribution in [0, 0.1) is 0 Å². The van der Waals surface area contributed by atoms with Gasteiger partial charge in [0.15, 0.2) is 16.8 Å². The first kappa shape index (κ1) is 26.2. The van der Waals surface area contributed by atoms with Crippen molar-refractivity contribution in [2.24, 2.45) is 0 Å². The number of aromatic amines is 1. The topological polar surface area (TPSA) is 92.7 Å². The number of para-hydroxylation sites is 1. The van der Waals surface area contributed by atoms with Crippen LogP contribution in [0.4, 0.5) is 5.69 Å². The Labute approximate surface area is 234 Å². The van der Waals surface area contributed by atoms with Crippen molar-refractivity contribution in [1.29, 1.82) is 0 Å². The minimum absolute atomic E-state index is 0.133. The molecule has 0 radical (unpaired) electrons. The fraction of sp³-hybridized carbons (Fsp3) is 0.0667. The Morgan fingerprint density at radius 3 is 2.56 bits per heavy atom. The number of aromatic nitrogens is 4. The summed E-state index contributed by atoms with van der Waals surface area (Å²) in [7, 11) is 0. The Morgan fingerprint density at radius 1 is 1.03 bits per heavy atom. The minimum atomic E-state index is -0.191. The summed E-state index contributed by atoms with van der Waals surface area (Å²) in [6.07, 6.45) is 6.94. The van der Waals surface area contributed by atoms with Crippen LogP contribution in [0.15, 0.2) is 103 Å². The molecule has 39 heavy (non-hydrogen) atoms. The summed E-state index contributed by atoms with van der Waals surface area (Å²) in [5.74, 6) is 0.531. The lowest BCUT2D eigenvalue weighted by molar-refractivity contribution is -0.113. The average molecular weight is 554 g/mol. The molecule has 5 aromatic rings. The predicted molar refractivity (Wildman–Crippen MR) is 158 cm³/mol. The molecule has 0 saturated carbocycles. The fourth-order valence-corrected chi connectivity index (χ4v) is 4.91. The van der Waals surface area contributed by atoms with Crippen LogP contribution in [0.25, 0.3) is 28.4 Å². The summed E-state index contributed by atoms with van der Waals surface area (Å²) in [6, 6.07) is 22.0. The van der Waals surface area contributed by atoms with E-state index in [0.717, 1.165) is 22.0 Å². The van der Waals surface area contributed by atoms with Crippen molar-refractivity contribution in [1.82, 2.24) is 19.7 Å². The maximum Gasteiger partial charge on any atom is 0.234 e. The van der Waals surface area contributed by atoms with Gasteiger partial charge in [0.2, 0.25) is 5.91 Å². The summed E-state index contributed by atoms with van der Waals surface area (Å²) in [5, 5.41) is 13.9. The predicted octanol–water partition coefficient (Wildman–Crippen LogP) is 6.89. The Kier molecular flexibility index (Phi) is 8.05. The zero-order chi connectivity index (χ0) is 27.2. The fourth-order valence-electron chi connectivity index (χ4n) is 4.03. The number of rotatable bonds is 10. The van der Waals surface area contributed by atoms with Crippen molar-refractivity contribution in [3.63, 3.8) is 0 Å². The van der Waals surface area contributed by atoms with Gasteiger partial charge < -0.3 is 10.3 Å². The number of carbonyl (C=O) groups is 2. The molecule has 1 amide bonds. The molecule has 0 fully saturated rings. The highest BCUT2D eigenvalue weighted by atomic mass is 35.5. The van der Waals surface area contributed by atoms with E-state index >= 15 is 0 Å². The standard InChI is InChI=1S/C30H24ClN5O2S/c1-2-17-36-29(25-18-32-26-6-4-3-5-24(25)26)34-35-30(36)39-19-28(38)33-23-14-10-21(11-15-23)27(37)16-9-20-7-12-22(31)13-8-20/h2-16,18,32H,1,17,19H2,(H,33,38)/b16-9+. The zero-order valence-electron chi connectivity index (χ0n) is 20.8. The van der Waals surface area contributed by atoms with E-state index in [-0.39, 0.29) is 17.4 Å². The van der Waals surface area contributed by atoms with Crippen LogP contribution in [0.1, 0.15) is 15.9 Å². The smallest absolute Gasteiger partial charge is 0.234 e. The lowest BCUT2D eigenvalue weighted by Crippen LogP contribution is -2.14. The van der Waals surface area contributed by atoms with Gasteiger partial charge in [-0.25, -0.2) is 0 Å². The highest BCUT2D eigenvalue weighted by molar-refractivity contribution is 7.99. The summed E-state index contributed by atoms with van der Waals surface area (Å²) in [5.41, 5.74) is 3.96. The third-order valence-corrected chi connectivity index (χ3v) is 7.16. The third-order valence-electron chi connectivity index (χ3n) is 5.94. The van der Waals surface area contributed by atoms with Gasteiger partial charge in [-0.15, -0.1) is 16.8 Å². The summed E-state index contributed by atoms with van der Waals surface area (Å²) in [4.78, 5) is 28.4. The van der Waals surface area contributed by atoms with Crippen molar-refractivity contribution in [3.05, 3.63) is 114 Å². The van der Waals surface area contributed by atoms with Crippen LogP contribution in [0.5, 0.6) is 0 Å². The van der Waals surface area contributed by atoms with Crippen LogP contribution in [-0.2, 0) is 11.3 Å². The van der Waals surface area contributed by atoms with E-state index in [1.165, 1.54) is 17.8 Å². The molecular weight excluding hydrogens is 530 g/mol. The zero-order valence-corrected chi connectivity index (χ0v) is 22.4. The SMILES string of the molecule is C=CCn1c(SCC(=O)Nc2ccc(C(=O)/C=C/c3ccc(Cl)cc3)cc2)nnc1-c1c[nH]c2ccccc12. The van der Waals surface area contributed by atoms with Gasteiger partial charge in [0.25, 0.3) is 0 Å². The number of fused-ring (bicyclic) bond motifs is 1. The molecule has 0 aliphatic rings. The Hall–Kier alpha value is -4.40. The van der Waals surface area contributed by atoms with Gasteiger partial charge in [-0.05, 0) is 54.1 Å². The maximum absolute atomic E-state index is 12.7. The van der Waals surface area contributed by atoms with Crippen molar-refractivity contribution < 1.29 is 9.59 Å². The van der Waals surface area contributed by atoms with Gasteiger partial charge in [-0.3, -0.25) is 14.2 Å². The number of halogens is 1. The number of hydrogen-bond donors (Lipinski definition) is 2. The van der Waals surface area contributed by atoms with Gasteiger partial charge in [-0.1, -0.05) is 65.8 Å². The average Bonchev–Trinajstić information content (AvgIpc) is 3.56. The van der Waals surface area contributed by atoms with Crippen LogP contribution in [-0.4, -0.2) is 37.2 Å². The molecule has 2 aromatic heterocycles. The first-order valence-electron chi connectivity index (χ1n) is 12.1. The number of anilines is 1. The highest BCUT2D eigenvalue weighted by Crippen LogP contribution is 2.30. The monoisotopic (exact) mass is 553 g/mol. The molecule has 0 saturated heterocycles. The molecule has 0 bridgehead atoms. The van der Waals surface area contributed by atoms with Gasteiger partial charge >= 0.3 is 0 Å². The van der Waals surface area contributed by atoms with E-state index < -0.39 is 0 Å². The Balaban J connectivity index is 1.21. The molecule has 3 aromatic carbocycles. The van der Waals surface area contributed by atoms with Crippen LogP contribution < -0.4 is 5.32 Å². The number of carbonyl (C=O) groups excluding carboxylic acids is 2. The van der Waals surface area contributed by atoms with Crippen LogP contribution >= 0.6 is 23.4 Å². The first-order chi connectivity index (χ1) is 19.0. The van der Waals surface area contributed by atoms with Gasteiger partial charge in [-0.2, -0.15) is 0 Å². The van der Waals surface area contributed by atoms with Gasteiger partial charge in [0, 0.05) is 45.5 Å². The summed E-state index contributed by atoms with van der Waals surface area (Å²) in [6.45, 7) is 4.36. The van der Waals surface area contributed by atoms with Gasteiger partial charge in [0.05, 0.1) is 5.75 Å². The molecule has 0 aliphatic carbocycles. The number of benzene rings is 3. The number of nitrogens with zero attached hydrogens (tertiary/aromatic N) is 3. The van der Waals surface area contributed by atoms with E-state index in [0.29, 0.717) is 33.8 Å². The largest absolute Gasteiger partial charge is 0.360 e. The minimum Gasteiger partial charge on any atom is -0.360 e. The molecule has 9 heteroatoms. The molecule has 194 valence electrons. The van der Waals surface area contributed by atoms with Gasteiger partial charge in [0.1, 0.15) is 0 Å². The number of allylic oxidation sites excluding steroid dienone is 2. The Bertz CT molecular complexity index is 1670. The van der Waals surface area contributed by atoms with E-state index in [9.17, 15) is 9.59 Å². The Morgan fingerprint density at radius 2 is 1.79 bits per heavy atom. The van der Waals surface area contributed by atoms with E-state index in [2.05, 4.69) is 27.1 Å². The second kappa shape index (κ2) is 12.0. The molecular formula is C30H24ClN5O2S. The molecule has 2 N–H and O–H groups in total. The lowest BCUT2D eigenvalue weighted by Gasteiger charge is -2.08. The lowest BCUT2D eigenvalue weighted by atomic mass is 10.1. The second-order valence-corrected chi connectivity index (χ2v) is 10.00. The van der Waals surface area contributed by atoms with Crippen molar-refractivity contribution in [2.45, 2.75) is 11.7 Å². The van der Waals surface area contributed by atoms with E-state index in [4.69, 9.17) is 11.6 Å². The normalized spacial score (nSPS) is 11.2. The summed E-state index contributed by atoms with van der Waals surface area (Å²) < 4.78 is 1.94. The molecule has 0 unspecified atom stereocenters. The maximum atomic E-state index is 12.7. The molecule has 5 rings (SSSR count). The second-order valence-electron chi connectivity index (χ2n) is 8.62. The van der Waals surface area contributed by atoms with E-state index in [1.807, 2.05) is 47.2 Å². The number of thioether (sulfide) groups is 1. The molecule has 0 aliphatic heterocycles. The number of H-pyrrole nitrogens is 1. The number of hydrogen-bond acceptors (Lipinski definition) is 5. The quantitative estimate of drug-likeness (QED) is 0.0849. The molecule has 2 heterocycles. The molecule has 7 nitrogen and oxygen atoms in total. The number of nitrogens with one attached hydrogen (secondary N) is 2. The first-order valence-corrected chi connectivity index (χ1v) is 13.5. The van der Waals surface area contributed by atoms with Crippen molar-refractivity contribution in [3.8, 4) is 11.4 Å². The van der Waals surface area contributed by atoms with Crippen LogP contribution in [0.3, 0.4) is 0 Å². The number of ketones is 1. The molecule has 0 spiro atoms. The van der Waals surface area contributed by atoms with Crippen LogP contribution in [0.2, 0.25) is 5.02 Å². The third kappa shape index (κ3) is 6.19.